The molecule has 1 fully saturated rings. The van der Waals surface area contributed by atoms with Gasteiger partial charge in [0.2, 0.25) is 11.2 Å². The first-order valence-electron chi connectivity index (χ1n) is 14.4. The molecular weight excluding hydrogens is 510 g/mol. The Morgan fingerprint density at radius 1 is 0.925 bits per heavy atom. The molecule has 0 spiro atoms. The molecule has 4 nitrogen and oxygen atoms in total. The number of pyridine rings is 1. The van der Waals surface area contributed by atoms with E-state index in [1.165, 1.54) is 64.6 Å². The van der Waals surface area contributed by atoms with Crippen molar-refractivity contribution in [1.29, 1.82) is 0 Å². The fourth-order valence-electron chi connectivity index (χ4n) is 5.79. The first kappa shape index (κ1) is 26.7. The number of piperidine rings is 1. The van der Waals surface area contributed by atoms with Gasteiger partial charge in [-0.15, -0.1) is 0 Å². The average Bonchev–Trinajstić information content (AvgIpc) is 3.32. The highest BCUT2D eigenvalue weighted by Gasteiger charge is 2.26. The Bertz CT molecular complexity index is 1550. The quantitative estimate of drug-likeness (QED) is 0.241. The number of fused-ring (bicyclic) bond motifs is 2. The number of hydrogen-bond donors (Lipinski definition) is 1. The number of aryl methyl sites for hydroxylation is 1. The molecule has 1 N–H and O–H groups in total. The molecule has 1 aromatic heterocycles. The van der Waals surface area contributed by atoms with E-state index in [0.29, 0.717) is 0 Å². The lowest BCUT2D eigenvalue weighted by molar-refractivity contribution is -0.646. The van der Waals surface area contributed by atoms with Crippen molar-refractivity contribution in [3.63, 3.8) is 0 Å². The molecule has 0 aliphatic carbocycles. The second-order valence-corrected chi connectivity index (χ2v) is 12.2. The number of rotatable bonds is 7. The minimum absolute atomic E-state index is 0.285. The van der Waals surface area contributed by atoms with E-state index >= 15 is 0 Å². The first-order valence-corrected chi connectivity index (χ1v) is 15.2. The number of aromatic hydroxyl groups is 1. The van der Waals surface area contributed by atoms with Crippen LogP contribution in [0.5, 0.6) is 5.75 Å². The zero-order valence-corrected chi connectivity index (χ0v) is 24.3. The summed E-state index contributed by atoms with van der Waals surface area (Å²) in [7, 11) is 2.13. The molecule has 4 aromatic rings. The van der Waals surface area contributed by atoms with Crippen molar-refractivity contribution >= 4 is 46.6 Å². The molecule has 40 heavy (non-hydrogen) atoms. The molecule has 0 radical (unpaired) electrons. The number of phenols is 1. The number of para-hydroxylation sites is 2. The minimum Gasteiger partial charge on any atom is -0.508 e. The maximum absolute atomic E-state index is 9.65. The molecule has 5 heteroatoms. The number of phenolic OH excluding ortho intramolecular Hbond substituents is 1. The van der Waals surface area contributed by atoms with Crippen molar-refractivity contribution in [2.24, 2.45) is 13.0 Å². The summed E-state index contributed by atoms with van der Waals surface area (Å²) in [6.45, 7) is 7.05. The Morgan fingerprint density at radius 2 is 1.68 bits per heavy atom. The monoisotopic (exact) mass is 548 g/mol. The number of nitrogens with zero attached hydrogens (tertiary/aromatic N) is 3. The van der Waals surface area contributed by atoms with Crippen molar-refractivity contribution in [3.05, 3.63) is 101 Å². The number of thioether (sulfide) groups is 1. The van der Waals surface area contributed by atoms with E-state index in [2.05, 4.69) is 101 Å². The maximum Gasteiger partial charge on any atom is 0.213 e. The summed E-state index contributed by atoms with van der Waals surface area (Å²) >= 11 is 1.88. The molecule has 2 aliphatic heterocycles. The molecule has 0 saturated carbocycles. The van der Waals surface area contributed by atoms with Crippen molar-refractivity contribution in [2.75, 3.05) is 31.1 Å². The second-order valence-electron chi connectivity index (χ2n) is 11.1. The standard InChI is InChI=1S/C35H37N3OS/c1-26-18-22-37(23-19-26)20-7-21-38-33-10-5-6-11-34(33)40-35(38)25-28-24-29(15-12-27-13-16-30(39)17-14-27)36(2)32-9-4-3-8-31(28)32/h3-6,8-17,24-26H,7,18-23H2,1-2H3/p+1/b35-25-. The van der Waals surface area contributed by atoms with Gasteiger partial charge >= 0.3 is 0 Å². The van der Waals surface area contributed by atoms with Gasteiger partial charge in [0.05, 0.1) is 16.1 Å². The van der Waals surface area contributed by atoms with Crippen molar-refractivity contribution in [3.8, 4) is 5.75 Å². The Balaban J connectivity index is 1.32. The van der Waals surface area contributed by atoms with Crippen LogP contribution < -0.4 is 9.47 Å². The van der Waals surface area contributed by atoms with Crippen LogP contribution in [0.2, 0.25) is 0 Å². The summed E-state index contributed by atoms with van der Waals surface area (Å²) in [5, 5.41) is 12.2. The molecule has 2 aliphatic rings. The summed E-state index contributed by atoms with van der Waals surface area (Å²) in [5.41, 5.74) is 5.94. The van der Waals surface area contributed by atoms with E-state index in [9.17, 15) is 5.11 Å². The third-order valence-corrected chi connectivity index (χ3v) is 9.37. The van der Waals surface area contributed by atoms with Crippen LogP contribution >= 0.6 is 11.8 Å². The van der Waals surface area contributed by atoms with E-state index in [4.69, 9.17) is 0 Å². The lowest BCUT2D eigenvalue weighted by atomic mass is 9.99. The van der Waals surface area contributed by atoms with Crippen LogP contribution in [0.3, 0.4) is 0 Å². The SMILES string of the molecule is CC1CCN(CCCN2/C(=C/c3cc(/C=C/c4ccc(O)cc4)[n+](C)c4ccccc34)Sc3ccccc32)CC1. The van der Waals surface area contributed by atoms with E-state index in [1.54, 1.807) is 12.1 Å². The molecular formula is C35H38N3OS+. The number of aromatic nitrogens is 1. The summed E-state index contributed by atoms with van der Waals surface area (Å²) < 4.78 is 2.25. The molecule has 6 rings (SSSR count). The van der Waals surface area contributed by atoms with Gasteiger partial charge in [-0.25, -0.2) is 0 Å². The zero-order valence-electron chi connectivity index (χ0n) is 23.5. The van der Waals surface area contributed by atoms with E-state index in [-0.39, 0.29) is 5.75 Å². The number of likely N-dealkylation sites (tertiary alicyclic amines) is 1. The van der Waals surface area contributed by atoms with E-state index in [1.807, 2.05) is 23.9 Å². The summed E-state index contributed by atoms with van der Waals surface area (Å²) in [6, 6.07) is 27.1. The van der Waals surface area contributed by atoms with Gasteiger partial charge in [0.1, 0.15) is 12.8 Å². The third kappa shape index (κ3) is 5.81. The van der Waals surface area contributed by atoms with Crippen LogP contribution in [-0.2, 0) is 7.05 Å². The molecule has 3 heterocycles. The van der Waals surface area contributed by atoms with Crippen molar-refractivity contribution in [2.45, 2.75) is 31.1 Å². The van der Waals surface area contributed by atoms with Gasteiger partial charge in [0.15, 0.2) is 0 Å². The lowest BCUT2D eigenvalue weighted by Crippen LogP contribution is -2.35. The van der Waals surface area contributed by atoms with Crippen molar-refractivity contribution < 1.29 is 9.67 Å². The first-order chi connectivity index (χ1) is 19.5. The fourth-order valence-corrected chi connectivity index (χ4v) is 6.93. The van der Waals surface area contributed by atoms with Gasteiger partial charge in [-0.05, 0) is 98.4 Å². The number of hydrogen-bond acceptors (Lipinski definition) is 4. The fraction of sp³-hybridized carbons (Fsp3) is 0.286. The highest BCUT2D eigenvalue weighted by Crippen LogP contribution is 2.46. The van der Waals surface area contributed by atoms with Crippen LogP contribution in [0.1, 0.15) is 43.0 Å². The van der Waals surface area contributed by atoms with Gasteiger partial charge in [-0.3, -0.25) is 0 Å². The Hall–Kier alpha value is -3.54. The van der Waals surface area contributed by atoms with Gasteiger partial charge in [0, 0.05) is 29.6 Å². The van der Waals surface area contributed by atoms with Gasteiger partial charge < -0.3 is 14.9 Å². The molecule has 3 aromatic carbocycles. The van der Waals surface area contributed by atoms with Gasteiger partial charge in [0.25, 0.3) is 0 Å². The van der Waals surface area contributed by atoms with Crippen LogP contribution in [0.25, 0.3) is 29.1 Å². The molecule has 0 unspecified atom stereocenters. The molecule has 204 valence electrons. The molecule has 1 saturated heterocycles. The molecule has 0 atom stereocenters. The second kappa shape index (κ2) is 11.9. The third-order valence-electron chi connectivity index (χ3n) is 8.25. The van der Waals surface area contributed by atoms with Gasteiger partial charge in [-0.2, -0.15) is 4.57 Å². The van der Waals surface area contributed by atoms with E-state index in [0.717, 1.165) is 30.1 Å². The lowest BCUT2D eigenvalue weighted by Gasteiger charge is -2.31. The minimum atomic E-state index is 0.285. The van der Waals surface area contributed by atoms with Crippen molar-refractivity contribution in [1.82, 2.24) is 4.90 Å². The molecule has 0 amide bonds. The van der Waals surface area contributed by atoms with Crippen LogP contribution in [0.15, 0.2) is 88.8 Å². The van der Waals surface area contributed by atoms with Gasteiger partial charge in [-0.1, -0.05) is 55.1 Å². The highest BCUT2D eigenvalue weighted by atomic mass is 32.2. The topological polar surface area (TPSA) is 30.6 Å². The predicted octanol–water partition coefficient (Wildman–Crippen LogP) is 7.57. The van der Waals surface area contributed by atoms with Crippen LogP contribution in [0.4, 0.5) is 5.69 Å². The summed E-state index contributed by atoms with van der Waals surface area (Å²) in [6.07, 6.45) is 10.5. The number of benzene rings is 3. The Labute approximate surface area is 242 Å². The Morgan fingerprint density at radius 3 is 2.50 bits per heavy atom. The highest BCUT2D eigenvalue weighted by molar-refractivity contribution is 8.03. The van der Waals surface area contributed by atoms with Crippen LogP contribution in [0, 0.1) is 5.92 Å². The van der Waals surface area contributed by atoms with E-state index < -0.39 is 0 Å². The Kier molecular flexibility index (Phi) is 7.94. The normalized spacial score (nSPS) is 17.4. The molecule has 0 bridgehead atoms. The predicted molar refractivity (Wildman–Crippen MR) is 169 cm³/mol. The van der Waals surface area contributed by atoms with Crippen LogP contribution in [-0.4, -0.2) is 36.2 Å². The summed E-state index contributed by atoms with van der Waals surface area (Å²) in [5.74, 6) is 1.16. The summed E-state index contributed by atoms with van der Waals surface area (Å²) in [4.78, 5) is 6.51. The smallest absolute Gasteiger partial charge is 0.213 e. The average molecular weight is 549 g/mol. The maximum atomic E-state index is 9.65. The number of anilines is 1. The largest absolute Gasteiger partial charge is 0.508 e. The zero-order chi connectivity index (χ0) is 27.5.